The summed E-state index contributed by atoms with van der Waals surface area (Å²) >= 11 is 1.64. The number of benzene rings is 1. The van der Waals surface area contributed by atoms with Crippen molar-refractivity contribution in [1.29, 1.82) is 0 Å². The number of amides is 1. The highest BCUT2D eigenvalue weighted by atomic mass is 32.2. The molecule has 0 saturated heterocycles. The summed E-state index contributed by atoms with van der Waals surface area (Å²) in [5, 5.41) is 12.1. The van der Waals surface area contributed by atoms with E-state index in [2.05, 4.69) is 46.7 Å². The Hall–Kier alpha value is -2.54. The highest BCUT2D eigenvalue weighted by Crippen LogP contribution is 2.22. The van der Waals surface area contributed by atoms with Crippen LogP contribution in [-0.2, 0) is 18.8 Å². The number of carbonyl (C=O) groups is 1. The van der Waals surface area contributed by atoms with E-state index in [0.29, 0.717) is 6.54 Å². The largest absolute Gasteiger partial charge is 0.459 e. The Labute approximate surface area is 150 Å². The van der Waals surface area contributed by atoms with Gasteiger partial charge in [-0.25, -0.2) is 0 Å². The highest BCUT2D eigenvalue weighted by Gasteiger charge is 2.14. The molecular formula is C18H20N4O2S. The average molecular weight is 356 g/mol. The predicted molar refractivity (Wildman–Crippen MR) is 96.3 cm³/mol. The minimum atomic E-state index is -0.260. The molecule has 0 radical (unpaired) electrons. The SMILES string of the molecule is CCn1c(CNC(=O)c2ccco2)nnc1SCc1ccc(C)cc1. The number of hydrogen-bond acceptors (Lipinski definition) is 5. The third-order valence-corrected chi connectivity index (χ3v) is 4.79. The van der Waals surface area contributed by atoms with Gasteiger partial charge in [0, 0.05) is 12.3 Å². The molecule has 1 N–H and O–H groups in total. The van der Waals surface area contributed by atoms with Gasteiger partial charge in [0.1, 0.15) is 0 Å². The monoisotopic (exact) mass is 356 g/mol. The molecule has 0 bridgehead atoms. The first kappa shape index (κ1) is 17.3. The van der Waals surface area contributed by atoms with Gasteiger partial charge in [-0.1, -0.05) is 41.6 Å². The van der Waals surface area contributed by atoms with Crippen molar-refractivity contribution < 1.29 is 9.21 Å². The maximum atomic E-state index is 12.0. The number of nitrogens with zero attached hydrogens (tertiary/aromatic N) is 3. The second-order valence-corrected chi connectivity index (χ2v) is 6.52. The Morgan fingerprint density at radius 2 is 2.04 bits per heavy atom. The lowest BCUT2D eigenvalue weighted by Crippen LogP contribution is -2.24. The van der Waals surface area contributed by atoms with Crippen molar-refractivity contribution in [1.82, 2.24) is 20.1 Å². The fourth-order valence-electron chi connectivity index (χ4n) is 2.36. The Bertz CT molecular complexity index is 825. The summed E-state index contributed by atoms with van der Waals surface area (Å²) in [7, 11) is 0. The van der Waals surface area contributed by atoms with Crippen molar-refractivity contribution in [2.75, 3.05) is 0 Å². The zero-order valence-electron chi connectivity index (χ0n) is 14.2. The van der Waals surface area contributed by atoms with Crippen molar-refractivity contribution >= 4 is 17.7 Å². The van der Waals surface area contributed by atoms with Gasteiger partial charge in [0.25, 0.3) is 5.91 Å². The third-order valence-electron chi connectivity index (χ3n) is 3.75. The lowest BCUT2D eigenvalue weighted by atomic mass is 10.2. The molecule has 3 rings (SSSR count). The summed E-state index contributed by atoms with van der Waals surface area (Å²) in [4.78, 5) is 12.0. The third kappa shape index (κ3) is 4.30. The number of hydrogen-bond donors (Lipinski definition) is 1. The first-order valence-electron chi connectivity index (χ1n) is 8.09. The lowest BCUT2D eigenvalue weighted by Gasteiger charge is -2.08. The molecule has 130 valence electrons. The first-order chi connectivity index (χ1) is 12.2. The van der Waals surface area contributed by atoms with Crippen LogP contribution in [0.4, 0.5) is 0 Å². The minimum absolute atomic E-state index is 0.260. The van der Waals surface area contributed by atoms with Crippen LogP contribution in [0.15, 0.2) is 52.2 Å². The molecule has 0 atom stereocenters. The number of carbonyl (C=O) groups excluding carboxylic acids is 1. The van der Waals surface area contributed by atoms with E-state index >= 15 is 0 Å². The highest BCUT2D eigenvalue weighted by molar-refractivity contribution is 7.98. The van der Waals surface area contributed by atoms with E-state index in [-0.39, 0.29) is 11.7 Å². The quantitative estimate of drug-likeness (QED) is 0.657. The van der Waals surface area contributed by atoms with Crippen molar-refractivity contribution in [2.45, 2.75) is 37.8 Å². The van der Waals surface area contributed by atoms with E-state index in [4.69, 9.17) is 4.42 Å². The summed E-state index contributed by atoms with van der Waals surface area (Å²) in [6, 6.07) is 11.8. The smallest absolute Gasteiger partial charge is 0.287 e. The van der Waals surface area contributed by atoms with Crippen LogP contribution in [0.25, 0.3) is 0 Å². The molecule has 0 aliphatic carbocycles. The van der Waals surface area contributed by atoms with Crippen molar-refractivity contribution in [3.8, 4) is 0 Å². The van der Waals surface area contributed by atoms with E-state index in [1.807, 2.05) is 11.5 Å². The van der Waals surface area contributed by atoms with Crippen LogP contribution >= 0.6 is 11.8 Å². The van der Waals surface area contributed by atoms with Gasteiger partial charge < -0.3 is 14.3 Å². The van der Waals surface area contributed by atoms with E-state index in [1.165, 1.54) is 17.4 Å². The molecule has 0 aliphatic heterocycles. The minimum Gasteiger partial charge on any atom is -0.459 e. The molecule has 2 aromatic heterocycles. The van der Waals surface area contributed by atoms with Crippen LogP contribution in [0.1, 0.15) is 34.4 Å². The second kappa shape index (κ2) is 8.02. The van der Waals surface area contributed by atoms with Gasteiger partial charge >= 0.3 is 0 Å². The van der Waals surface area contributed by atoms with Gasteiger partial charge in [0.15, 0.2) is 16.7 Å². The molecule has 0 fully saturated rings. The molecule has 3 aromatic rings. The number of furan rings is 1. The second-order valence-electron chi connectivity index (χ2n) is 5.58. The molecule has 0 saturated carbocycles. The fourth-order valence-corrected chi connectivity index (χ4v) is 3.34. The Morgan fingerprint density at radius 1 is 1.24 bits per heavy atom. The number of aryl methyl sites for hydroxylation is 1. The van der Waals surface area contributed by atoms with Gasteiger partial charge in [-0.05, 0) is 31.5 Å². The normalized spacial score (nSPS) is 10.8. The van der Waals surface area contributed by atoms with Gasteiger partial charge in [0.2, 0.25) is 0 Å². The molecular weight excluding hydrogens is 336 g/mol. The summed E-state index contributed by atoms with van der Waals surface area (Å²) in [5.41, 5.74) is 2.49. The zero-order valence-corrected chi connectivity index (χ0v) is 15.0. The summed E-state index contributed by atoms with van der Waals surface area (Å²) in [6.07, 6.45) is 1.48. The summed E-state index contributed by atoms with van der Waals surface area (Å²) < 4.78 is 7.10. The Morgan fingerprint density at radius 3 is 2.72 bits per heavy atom. The molecule has 0 aliphatic rings. The van der Waals surface area contributed by atoms with Crippen molar-refractivity contribution in [3.05, 3.63) is 65.4 Å². The molecule has 25 heavy (non-hydrogen) atoms. The molecule has 1 aromatic carbocycles. The topological polar surface area (TPSA) is 73.0 Å². The van der Waals surface area contributed by atoms with Gasteiger partial charge in [0.05, 0.1) is 12.8 Å². The molecule has 0 spiro atoms. The maximum absolute atomic E-state index is 12.0. The first-order valence-corrected chi connectivity index (χ1v) is 9.08. The van der Waals surface area contributed by atoms with Crippen LogP contribution in [0.3, 0.4) is 0 Å². The fraction of sp³-hybridized carbons (Fsp3) is 0.278. The molecule has 1 amide bonds. The predicted octanol–water partition coefficient (Wildman–Crippen LogP) is 3.42. The van der Waals surface area contributed by atoms with Crippen molar-refractivity contribution in [2.24, 2.45) is 0 Å². The van der Waals surface area contributed by atoms with E-state index < -0.39 is 0 Å². The Balaban J connectivity index is 1.62. The van der Waals surface area contributed by atoms with Gasteiger partial charge in [-0.3, -0.25) is 4.79 Å². The molecule has 2 heterocycles. The van der Waals surface area contributed by atoms with E-state index in [1.54, 1.807) is 23.9 Å². The van der Waals surface area contributed by atoms with E-state index in [9.17, 15) is 4.79 Å². The van der Waals surface area contributed by atoms with E-state index in [0.717, 1.165) is 23.3 Å². The van der Waals surface area contributed by atoms with Crippen LogP contribution in [0.5, 0.6) is 0 Å². The summed E-state index contributed by atoms with van der Waals surface area (Å²) in [5.74, 6) is 1.59. The standard InChI is InChI=1S/C18H20N4O2S/c1-3-22-16(11-19-17(23)15-5-4-10-24-15)20-21-18(22)25-12-14-8-6-13(2)7-9-14/h4-10H,3,11-12H2,1-2H3,(H,19,23). The lowest BCUT2D eigenvalue weighted by molar-refractivity contribution is 0.0921. The van der Waals surface area contributed by atoms with Gasteiger partial charge in [-0.2, -0.15) is 0 Å². The zero-order chi connectivity index (χ0) is 17.6. The molecule has 6 nitrogen and oxygen atoms in total. The molecule has 7 heteroatoms. The van der Waals surface area contributed by atoms with Crippen LogP contribution in [0.2, 0.25) is 0 Å². The van der Waals surface area contributed by atoms with Crippen LogP contribution < -0.4 is 5.32 Å². The maximum Gasteiger partial charge on any atom is 0.287 e. The van der Waals surface area contributed by atoms with Gasteiger partial charge in [-0.15, -0.1) is 10.2 Å². The Kier molecular flexibility index (Phi) is 5.55. The molecule has 0 unspecified atom stereocenters. The van der Waals surface area contributed by atoms with Crippen molar-refractivity contribution in [3.63, 3.8) is 0 Å². The number of aromatic nitrogens is 3. The van der Waals surface area contributed by atoms with Crippen LogP contribution in [0, 0.1) is 6.92 Å². The average Bonchev–Trinajstić information content (AvgIpc) is 3.29. The number of rotatable bonds is 7. The number of nitrogens with one attached hydrogen (secondary N) is 1. The summed E-state index contributed by atoms with van der Waals surface area (Å²) in [6.45, 7) is 5.17. The number of thioether (sulfide) groups is 1. The van der Waals surface area contributed by atoms with Crippen LogP contribution in [-0.4, -0.2) is 20.7 Å².